The van der Waals surface area contributed by atoms with Gasteiger partial charge >= 0.3 is 5.97 Å². The number of hydrogen-bond donors (Lipinski definition) is 1. The van der Waals surface area contributed by atoms with Gasteiger partial charge in [0.15, 0.2) is 0 Å². The van der Waals surface area contributed by atoms with Crippen LogP contribution in [0.3, 0.4) is 0 Å². The maximum Gasteiger partial charge on any atom is 0.356 e. The predicted molar refractivity (Wildman–Crippen MR) is 130 cm³/mol. The Hall–Kier alpha value is -3.58. The summed E-state index contributed by atoms with van der Waals surface area (Å²) in [6.07, 6.45) is 4.80. The van der Waals surface area contributed by atoms with E-state index in [0.717, 1.165) is 28.5 Å². The Kier molecular flexibility index (Phi) is 7.23. The first-order valence-corrected chi connectivity index (χ1v) is 10.7. The fraction of sp³-hybridized carbons (Fsp3) is 0.269. The monoisotopic (exact) mass is 448 g/mol. The van der Waals surface area contributed by atoms with Gasteiger partial charge in [-0.05, 0) is 67.5 Å². The lowest BCUT2D eigenvalue weighted by Crippen LogP contribution is -2.23. The number of nitrogens with zero attached hydrogens (tertiary/aromatic N) is 3. The molecule has 1 aliphatic rings. The Labute approximate surface area is 193 Å². The first kappa shape index (κ1) is 24.1. The number of aromatic nitrogens is 2. The summed E-state index contributed by atoms with van der Waals surface area (Å²) in [7, 11) is 1.90. The highest BCUT2D eigenvalue weighted by atomic mass is 19.1. The minimum Gasteiger partial charge on any atom is -0.461 e. The van der Waals surface area contributed by atoms with E-state index in [1.54, 1.807) is 17.7 Å². The summed E-state index contributed by atoms with van der Waals surface area (Å²) in [5.74, 6) is -0.765. The normalized spacial score (nSPS) is 15.8. The number of ether oxygens (including phenoxy) is 1. The van der Waals surface area contributed by atoms with Gasteiger partial charge in [-0.25, -0.2) is 14.2 Å². The fourth-order valence-electron chi connectivity index (χ4n) is 4.14. The molecule has 3 aromatic rings. The Balaban J connectivity index is 0.00000306. The first-order valence-electron chi connectivity index (χ1n) is 10.7. The molecule has 33 heavy (non-hydrogen) atoms. The van der Waals surface area contributed by atoms with Crippen LogP contribution in [0, 0.1) is 11.7 Å². The molecule has 0 spiro atoms. The number of hydrogen-bond acceptors (Lipinski definition) is 5. The largest absolute Gasteiger partial charge is 0.461 e. The van der Waals surface area contributed by atoms with Crippen molar-refractivity contribution in [1.82, 2.24) is 15.9 Å². The van der Waals surface area contributed by atoms with Crippen molar-refractivity contribution in [1.29, 1.82) is 0 Å². The molecule has 1 aliphatic heterocycles. The molecule has 0 bridgehead atoms. The highest BCUT2D eigenvalue weighted by Crippen LogP contribution is 2.32. The van der Waals surface area contributed by atoms with Gasteiger partial charge in [-0.15, -0.1) is 0 Å². The molecule has 1 atom stereocenters. The third kappa shape index (κ3) is 4.93. The predicted octanol–water partition coefficient (Wildman–Crippen LogP) is 5.41. The Morgan fingerprint density at radius 1 is 1.30 bits per heavy atom. The second-order valence-corrected chi connectivity index (χ2v) is 8.05. The van der Waals surface area contributed by atoms with Crippen LogP contribution in [0.15, 0.2) is 65.4 Å². The molecule has 0 aliphatic carbocycles. The Morgan fingerprint density at radius 2 is 2.09 bits per heavy atom. The quantitative estimate of drug-likeness (QED) is 0.511. The van der Waals surface area contributed by atoms with Crippen molar-refractivity contribution in [2.24, 2.45) is 18.0 Å². The van der Waals surface area contributed by atoms with Crippen LogP contribution in [0.25, 0.3) is 17.0 Å². The van der Waals surface area contributed by atoms with Gasteiger partial charge in [0.25, 0.3) is 0 Å². The lowest BCUT2D eigenvalue weighted by Gasteiger charge is -2.25. The average Bonchev–Trinajstić information content (AvgIpc) is 3.14. The summed E-state index contributed by atoms with van der Waals surface area (Å²) in [5, 5.41) is 5.50. The van der Waals surface area contributed by atoms with Crippen molar-refractivity contribution in [2.45, 2.75) is 26.7 Å². The van der Waals surface area contributed by atoms with E-state index in [4.69, 9.17) is 4.74 Å². The SMILES string of the molecule is C=Cc1ccc(C2=NC(C(=O)OCC)=C(C)C(Cc3ccc4nn(C)cc4c3)C2)cc1F.N. The molecular formula is C26H29FN4O2. The van der Waals surface area contributed by atoms with Gasteiger partial charge < -0.3 is 10.9 Å². The van der Waals surface area contributed by atoms with Crippen LogP contribution in [-0.4, -0.2) is 28.1 Å². The zero-order valence-electron chi connectivity index (χ0n) is 19.3. The summed E-state index contributed by atoms with van der Waals surface area (Å²) in [6, 6.07) is 11.2. The van der Waals surface area contributed by atoms with E-state index in [1.807, 2.05) is 32.3 Å². The molecule has 4 rings (SSSR count). The molecule has 7 heteroatoms. The topological polar surface area (TPSA) is 91.5 Å². The van der Waals surface area contributed by atoms with Crippen molar-refractivity contribution in [2.75, 3.05) is 6.61 Å². The smallest absolute Gasteiger partial charge is 0.356 e. The van der Waals surface area contributed by atoms with Gasteiger partial charge in [-0.2, -0.15) is 5.10 Å². The molecule has 2 heterocycles. The van der Waals surface area contributed by atoms with Crippen LogP contribution >= 0.6 is 0 Å². The van der Waals surface area contributed by atoms with Gasteiger partial charge in [-0.1, -0.05) is 30.9 Å². The second kappa shape index (κ2) is 9.92. The van der Waals surface area contributed by atoms with E-state index >= 15 is 0 Å². The van der Waals surface area contributed by atoms with Crippen LogP contribution in [0.2, 0.25) is 0 Å². The third-order valence-corrected chi connectivity index (χ3v) is 5.86. The van der Waals surface area contributed by atoms with Crippen molar-refractivity contribution in [3.63, 3.8) is 0 Å². The van der Waals surface area contributed by atoms with E-state index in [9.17, 15) is 9.18 Å². The molecule has 2 aromatic carbocycles. The maximum absolute atomic E-state index is 14.4. The van der Waals surface area contributed by atoms with Crippen molar-refractivity contribution >= 4 is 28.7 Å². The summed E-state index contributed by atoms with van der Waals surface area (Å²) < 4.78 is 21.5. The van der Waals surface area contributed by atoms with Crippen molar-refractivity contribution < 1.29 is 13.9 Å². The van der Waals surface area contributed by atoms with Crippen LogP contribution in [0.5, 0.6) is 0 Å². The van der Waals surface area contributed by atoms with Crippen LogP contribution < -0.4 is 6.15 Å². The third-order valence-electron chi connectivity index (χ3n) is 5.86. The zero-order valence-corrected chi connectivity index (χ0v) is 19.3. The Bertz CT molecular complexity index is 1270. The molecule has 0 saturated carbocycles. The average molecular weight is 449 g/mol. The maximum atomic E-state index is 14.4. The highest BCUT2D eigenvalue weighted by Gasteiger charge is 2.28. The van der Waals surface area contributed by atoms with E-state index in [2.05, 4.69) is 28.8 Å². The highest BCUT2D eigenvalue weighted by molar-refractivity contribution is 6.05. The van der Waals surface area contributed by atoms with Gasteiger partial charge in [-0.3, -0.25) is 4.68 Å². The number of carbonyl (C=O) groups is 1. The van der Waals surface area contributed by atoms with Crippen LogP contribution in [0.1, 0.15) is 37.0 Å². The number of carbonyl (C=O) groups excluding carboxylic acids is 1. The lowest BCUT2D eigenvalue weighted by molar-refractivity contribution is -0.138. The van der Waals surface area contributed by atoms with Gasteiger partial charge in [0.05, 0.1) is 12.1 Å². The summed E-state index contributed by atoms with van der Waals surface area (Å²) in [5.41, 5.74) is 5.07. The molecule has 3 N–H and O–H groups in total. The van der Waals surface area contributed by atoms with Crippen LogP contribution in [0.4, 0.5) is 4.39 Å². The van der Waals surface area contributed by atoms with Gasteiger partial charge in [0.1, 0.15) is 11.5 Å². The molecule has 1 unspecified atom stereocenters. The summed E-state index contributed by atoms with van der Waals surface area (Å²) >= 11 is 0. The number of aryl methyl sites for hydroxylation is 1. The van der Waals surface area contributed by atoms with Crippen molar-refractivity contribution in [3.05, 3.63) is 83.0 Å². The van der Waals surface area contributed by atoms with E-state index in [0.29, 0.717) is 29.0 Å². The van der Waals surface area contributed by atoms with Crippen LogP contribution in [-0.2, 0) is 23.0 Å². The van der Waals surface area contributed by atoms with E-state index < -0.39 is 5.97 Å². The number of aliphatic imine (C=N–C) groups is 1. The lowest BCUT2D eigenvalue weighted by atomic mass is 9.83. The molecule has 6 nitrogen and oxygen atoms in total. The number of fused-ring (bicyclic) bond motifs is 1. The molecule has 0 radical (unpaired) electrons. The molecule has 0 amide bonds. The molecule has 172 valence electrons. The molecule has 0 saturated heterocycles. The number of benzene rings is 2. The second-order valence-electron chi connectivity index (χ2n) is 8.05. The Morgan fingerprint density at radius 3 is 2.79 bits per heavy atom. The fourth-order valence-corrected chi connectivity index (χ4v) is 4.14. The molecule has 0 fully saturated rings. The number of halogens is 1. The van der Waals surface area contributed by atoms with E-state index in [1.165, 1.54) is 12.1 Å². The number of allylic oxidation sites excluding steroid dienone is 1. The standard InChI is InChI=1S/C26H26FN3O2.H3N/c1-5-18-8-9-19(13-22(18)27)24-14-20(16(3)25(28-24)26(31)32-6-2)11-17-7-10-23-21(12-17)15-30(4)29-23;/h5,7-10,12-13,15,20H,1,6,11,14H2,2-4H3;1H3. The van der Waals surface area contributed by atoms with Gasteiger partial charge in [0, 0.05) is 29.9 Å². The molecular weight excluding hydrogens is 419 g/mol. The number of esters is 1. The van der Waals surface area contributed by atoms with Crippen molar-refractivity contribution in [3.8, 4) is 0 Å². The minimum absolute atomic E-state index is 0. The summed E-state index contributed by atoms with van der Waals surface area (Å²) in [4.78, 5) is 17.3. The minimum atomic E-state index is -0.446. The summed E-state index contributed by atoms with van der Waals surface area (Å²) in [6.45, 7) is 7.61. The molecule has 1 aromatic heterocycles. The van der Waals surface area contributed by atoms with Gasteiger partial charge in [0.2, 0.25) is 0 Å². The van der Waals surface area contributed by atoms with E-state index in [-0.39, 0.29) is 24.5 Å². The zero-order chi connectivity index (χ0) is 22.8. The first-order chi connectivity index (χ1) is 15.4. The number of rotatable bonds is 6.